The fourth-order valence-corrected chi connectivity index (χ4v) is 5.72. The second-order valence-corrected chi connectivity index (χ2v) is 12.4. The Morgan fingerprint density at radius 2 is 1.72 bits per heavy atom. The highest BCUT2D eigenvalue weighted by molar-refractivity contribution is 7.92. The van der Waals surface area contributed by atoms with Crippen LogP contribution in [0.1, 0.15) is 29.8 Å². The van der Waals surface area contributed by atoms with Crippen molar-refractivity contribution in [2.24, 2.45) is 5.92 Å². The Balaban J connectivity index is 1.67. The predicted molar refractivity (Wildman–Crippen MR) is 158 cm³/mol. The normalized spacial score (nSPS) is 17.5. The van der Waals surface area contributed by atoms with Crippen LogP contribution < -0.4 is 14.8 Å². The summed E-state index contributed by atoms with van der Waals surface area (Å²) in [5, 5.41) is 12.2. The van der Waals surface area contributed by atoms with E-state index in [4.69, 9.17) is 4.74 Å². The molecule has 3 amide bonds. The minimum atomic E-state index is -4.55. The lowest BCUT2D eigenvalue weighted by molar-refractivity contribution is -0.142. The number of carboxylic acid groups (broad SMARTS) is 1. The number of amides is 3. The summed E-state index contributed by atoms with van der Waals surface area (Å²) in [5.41, 5.74) is -1.13. The first-order chi connectivity index (χ1) is 21.5. The molecule has 11 nitrogen and oxygen atoms in total. The molecule has 0 saturated carbocycles. The van der Waals surface area contributed by atoms with Crippen LogP contribution in [-0.2, 0) is 21.0 Å². The number of carboxylic acids is 1. The number of anilines is 2. The van der Waals surface area contributed by atoms with Gasteiger partial charge in [0.05, 0.1) is 28.3 Å². The maximum absolute atomic E-state index is 13.7. The van der Waals surface area contributed by atoms with Crippen molar-refractivity contribution >= 4 is 39.3 Å². The molecule has 246 valence electrons. The lowest BCUT2D eigenvalue weighted by Crippen LogP contribution is -2.51. The van der Waals surface area contributed by atoms with Gasteiger partial charge in [-0.2, -0.15) is 13.2 Å². The molecule has 0 saturated heterocycles. The number of ether oxygens (including phenoxy) is 1. The van der Waals surface area contributed by atoms with Crippen molar-refractivity contribution in [1.29, 1.82) is 0 Å². The van der Waals surface area contributed by atoms with Crippen molar-refractivity contribution < 1.29 is 50.2 Å². The number of aliphatic carboxylic acids is 1. The van der Waals surface area contributed by atoms with E-state index in [0.717, 1.165) is 53.4 Å². The number of sulfonamides is 1. The molecule has 1 heterocycles. The second kappa shape index (κ2) is 13.2. The SMILES string of the molecule is C[C@@H]1CN([C@@H](C)C(=O)O)C(=O)c2cccc(NS(=O)(=O)c3ccc(F)cc3)c2O[C@@H]1CN(C)C(=O)Nc1ccc(C(F)(F)F)cc1. The average Bonchev–Trinajstić information content (AvgIpc) is 2.98. The number of benzene rings is 3. The van der Waals surface area contributed by atoms with Gasteiger partial charge in [-0.25, -0.2) is 22.4 Å². The molecule has 4 rings (SSSR count). The number of halogens is 4. The molecule has 0 aliphatic carbocycles. The fourth-order valence-electron chi connectivity index (χ4n) is 4.66. The quantitative estimate of drug-likeness (QED) is 0.283. The Labute approximate surface area is 261 Å². The van der Waals surface area contributed by atoms with E-state index in [1.807, 2.05) is 0 Å². The number of nitrogens with one attached hydrogen (secondary N) is 2. The van der Waals surface area contributed by atoms with Crippen molar-refractivity contribution in [2.45, 2.75) is 37.1 Å². The van der Waals surface area contributed by atoms with Crippen molar-refractivity contribution in [3.05, 3.63) is 83.7 Å². The Morgan fingerprint density at radius 3 is 2.30 bits per heavy atom. The molecule has 1 aliphatic heterocycles. The Hall–Kier alpha value is -4.86. The van der Waals surface area contributed by atoms with Crippen LogP contribution in [0.3, 0.4) is 0 Å². The first-order valence-electron chi connectivity index (χ1n) is 13.8. The summed E-state index contributed by atoms with van der Waals surface area (Å²) in [6.45, 7) is 2.68. The second-order valence-electron chi connectivity index (χ2n) is 10.7. The summed E-state index contributed by atoms with van der Waals surface area (Å²) in [6.07, 6.45) is -5.50. The number of carbonyl (C=O) groups is 3. The lowest BCUT2D eigenvalue weighted by atomic mass is 9.99. The van der Waals surface area contributed by atoms with Gasteiger partial charge in [0.1, 0.15) is 18.0 Å². The molecule has 3 aromatic carbocycles. The maximum Gasteiger partial charge on any atom is 0.416 e. The number of nitrogens with zero attached hydrogens (tertiary/aromatic N) is 2. The summed E-state index contributed by atoms with van der Waals surface area (Å²) in [7, 11) is -2.93. The van der Waals surface area contributed by atoms with Crippen LogP contribution >= 0.6 is 0 Å². The standard InChI is InChI=1S/C30H30F4N4O7S/c1-17-15-38(18(2)28(40)41)27(39)23-5-4-6-24(36-46(43,44)22-13-9-20(31)10-14-22)26(23)45-25(17)16-37(3)29(42)35-21-11-7-19(8-12-21)30(32,33)34/h4-14,17-18,25,36H,15-16H2,1-3H3,(H,35,42)(H,40,41)/t17-,18+,25-/m1/s1. The molecular weight excluding hydrogens is 636 g/mol. The molecule has 0 spiro atoms. The molecule has 0 bridgehead atoms. The van der Waals surface area contributed by atoms with Gasteiger partial charge in [0.2, 0.25) is 0 Å². The molecule has 0 aromatic heterocycles. The van der Waals surface area contributed by atoms with Gasteiger partial charge in [0, 0.05) is 25.2 Å². The monoisotopic (exact) mass is 666 g/mol. The molecule has 3 N–H and O–H groups in total. The van der Waals surface area contributed by atoms with E-state index in [1.54, 1.807) is 6.92 Å². The summed E-state index contributed by atoms with van der Waals surface area (Å²) < 4.78 is 87.1. The van der Waals surface area contributed by atoms with Crippen LogP contribution in [0, 0.1) is 11.7 Å². The third kappa shape index (κ3) is 7.67. The van der Waals surface area contributed by atoms with Crippen LogP contribution in [0.5, 0.6) is 5.75 Å². The third-order valence-electron chi connectivity index (χ3n) is 7.35. The molecule has 0 radical (unpaired) electrons. The van der Waals surface area contributed by atoms with E-state index in [-0.39, 0.29) is 40.7 Å². The van der Waals surface area contributed by atoms with E-state index in [0.29, 0.717) is 0 Å². The number of rotatable bonds is 8. The highest BCUT2D eigenvalue weighted by Crippen LogP contribution is 2.36. The van der Waals surface area contributed by atoms with Gasteiger partial charge in [-0.3, -0.25) is 9.52 Å². The Kier molecular flexibility index (Phi) is 9.80. The van der Waals surface area contributed by atoms with Gasteiger partial charge >= 0.3 is 18.2 Å². The third-order valence-corrected chi connectivity index (χ3v) is 8.73. The van der Waals surface area contributed by atoms with Crippen LogP contribution in [0.25, 0.3) is 0 Å². The van der Waals surface area contributed by atoms with Crippen LogP contribution in [0.2, 0.25) is 0 Å². The van der Waals surface area contributed by atoms with Crippen molar-refractivity contribution in [2.75, 3.05) is 30.2 Å². The van der Waals surface area contributed by atoms with Crippen molar-refractivity contribution in [3.63, 3.8) is 0 Å². The first kappa shape index (κ1) is 34.0. The molecule has 0 fully saturated rings. The van der Waals surface area contributed by atoms with E-state index < -0.39 is 63.6 Å². The Morgan fingerprint density at radius 1 is 1.09 bits per heavy atom. The molecule has 16 heteroatoms. The number of carbonyl (C=O) groups excluding carboxylic acids is 2. The molecule has 46 heavy (non-hydrogen) atoms. The summed E-state index contributed by atoms with van der Waals surface area (Å²) in [6, 6.07) is 9.85. The van der Waals surface area contributed by atoms with Gasteiger partial charge in [-0.1, -0.05) is 13.0 Å². The highest BCUT2D eigenvalue weighted by Gasteiger charge is 2.37. The minimum absolute atomic E-state index is 0.0892. The number of likely N-dealkylation sites (N-methyl/N-ethyl adjacent to an activating group) is 1. The molecule has 3 aromatic rings. The first-order valence-corrected chi connectivity index (χ1v) is 15.3. The molecular formula is C30H30F4N4O7S. The largest absolute Gasteiger partial charge is 0.485 e. The van der Waals surface area contributed by atoms with Gasteiger partial charge in [0.25, 0.3) is 15.9 Å². The topological polar surface area (TPSA) is 145 Å². The smallest absolute Gasteiger partial charge is 0.416 e. The van der Waals surface area contributed by atoms with Crippen LogP contribution in [0.15, 0.2) is 71.6 Å². The molecule has 0 unspecified atom stereocenters. The van der Waals surface area contributed by atoms with E-state index in [1.165, 1.54) is 37.1 Å². The van der Waals surface area contributed by atoms with Crippen LogP contribution in [-0.4, -0.2) is 73.5 Å². The number of hydrogen-bond acceptors (Lipinski definition) is 6. The van der Waals surface area contributed by atoms with Gasteiger partial charge in [0.15, 0.2) is 5.75 Å². The number of urea groups is 1. The number of fused-ring (bicyclic) bond motifs is 1. The molecule has 3 atom stereocenters. The number of hydrogen-bond donors (Lipinski definition) is 3. The number of para-hydroxylation sites is 1. The zero-order chi connectivity index (χ0) is 34.0. The lowest BCUT2D eigenvalue weighted by Gasteiger charge is -2.38. The highest BCUT2D eigenvalue weighted by atomic mass is 32.2. The van der Waals surface area contributed by atoms with Crippen molar-refractivity contribution in [1.82, 2.24) is 9.80 Å². The van der Waals surface area contributed by atoms with E-state index in [9.17, 15) is 45.5 Å². The fraction of sp³-hybridized carbons (Fsp3) is 0.300. The van der Waals surface area contributed by atoms with E-state index in [2.05, 4.69) is 10.0 Å². The Bertz CT molecular complexity index is 1720. The van der Waals surface area contributed by atoms with E-state index >= 15 is 0 Å². The average molecular weight is 667 g/mol. The summed E-state index contributed by atoms with van der Waals surface area (Å²) in [5.74, 6) is -3.54. The predicted octanol–water partition coefficient (Wildman–Crippen LogP) is 5.12. The van der Waals surface area contributed by atoms with Crippen molar-refractivity contribution in [3.8, 4) is 5.75 Å². The zero-order valence-corrected chi connectivity index (χ0v) is 25.5. The number of alkyl halides is 3. The summed E-state index contributed by atoms with van der Waals surface area (Å²) in [4.78, 5) is 40.6. The maximum atomic E-state index is 13.7. The minimum Gasteiger partial charge on any atom is -0.485 e. The molecule has 1 aliphatic rings. The van der Waals surface area contributed by atoms with Crippen LogP contribution in [0.4, 0.5) is 33.7 Å². The van der Waals surface area contributed by atoms with Gasteiger partial charge in [-0.15, -0.1) is 0 Å². The summed E-state index contributed by atoms with van der Waals surface area (Å²) >= 11 is 0. The van der Waals surface area contributed by atoms with Gasteiger partial charge < -0.3 is 25.0 Å². The zero-order valence-electron chi connectivity index (χ0n) is 24.7. The van der Waals surface area contributed by atoms with Gasteiger partial charge in [-0.05, 0) is 67.6 Å².